The molecule has 0 aliphatic heterocycles. The van der Waals surface area contributed by atoms with E-state index in [4.69, 9.17) is 0 Å². The van der Waals surface area contributed by atoms with Gasteiger partial charge >= 0.3 is 106 Å². The zero-order chi connectivity index (χ0) is 21.5. The van der Waals surface area contributed by atoms with Gasteiger partial charge in [-0.1, -0.05) is 49.4 Å². The van der Waals surface area contributed by atoms with Gasteiger partial charge in [0.05, 0.1) is 0 Å². The van der Waals surface area contributed by atoms with Crippen LogP contribution < -0.4 is 0 Å². The summed E-state index contributed by atoms with van der Waals surface area (Å²) >= 11 is 1.59. The van der Waals surface area contributed by atoms with E-state index < -0.39 is 0 Å². The van der Waals surface area contributed by atoms with Gasteiger partial charge in [-0.15, -0.1) is 0 Å². The van der Waals surface area contributed by atoms with Crippen LogP contribution in [0, 0.1) is 13.8 Å². The van der Waals surface area contributed by atoms with Gasteiger partial charge in [0, 0.05) is 5.92 Å². The molecular formula is C30H27Zr. The topological polar surface area (TPSA) is 0 Å². The summed E-state index contributed by atoms with van der Waals surface area (Å²) in [6.07, 6.45) is 1.19. The number of hydrogen-bond donors (Lipinski definition) is 0. The second kappa shape index (κ2) is 8.36. The summed E-state index contributed by atoms with van der Waals surface area (Å²) in [5, 5.41) is 0. The Hall–Kier alpha value is -2.24. The Kier molecular flexibility index (Phi) is 5.57. The molecule has 2 aliphatic carbocycles. The van der Waals surface area contributed by atoms with Gasteiger partial charge in [-0.05, 0) is 41.2 Å². The molecule has 2 unspecified atom stereocenters. The average Bonchev–Trinajstić information content (AvgIpc) is 3.28. The minimum atomic E-state index is 0.603. The van der Waals surface area contributed by atoms with Crippen molar-refractivity contribution < 1.29 is 24.7 Å². The third-order valence-electron chi connectivity index (χ3n) is 6.87. The fourth-order valence-electron chi connectivity index (χ4n) is 5.43. The number of hydrogen-bond acceptors (Lipinski definition) is 0. The van der Waals surface area contributed by atoms with Gasteiger partial charge in [0.1, 0.15) is 0 Å². The van der Waals surface area contributed by atoms with Crippen molar-refractivity contribution in [2.45, 2.75) is 36.7 Å². The van der Waals surface area contributed by atoms with Gasteiger partial charge in [0.25, 0.3) is 0 Å². The molecule has 2 aliphatic rings. The molecule has 1 heteroatoms. The summed E-state index contributed by atoms with van der Waals surface area (Å²) in [7, 11) is 0. The summed E-state index contributed by atoms with van der Waals surface area (Å²) in [4.78, 5) is 0. The second-order valence-corrected chi connectivity index (χ2v) is 10.1. The normalized spacial score (nSPS) is 17.1. The molecule has 31 heavy (non-hydrogen) atoms. The van der Waals surface area contributed by atoms with E-state index in [0.717, 1.165) is 0 Å². The number of benzene rings is 4. The van der Waals surface area contributed by atoms with Crippen LogP contribution in [0.1, 0.15) is 56.3 Å². The Balaban J connectivity index is 0.000000132. The fourth-order valence-corrected chi connectivity index (χ4v) is 6.99. The third-order valence-corrected chi connectivity index (χ3v) is 8.34. The number of aryl methyl sites for hydroxylation is 2. The Morgan fingerprint density at radius 1 is 0.613 bits per heavy atom. The first kappa shape index (κ1) is 20.7. The molecule has 0 saturated heterocycles. The summed E-state index contributed by atoms with van der Waals surface area (Å²) in [6.45, 7) is 6.72. The monoisotopic (exact) mass is 477 g/mol. The summed E-state index contributed by atoms with van der Waals surface area (Å²) < 4.78 is 0.643. The SMILES string of the molecule is CCC1c2ccccc2-c2c(C)cccc21.Cc1cccc2c1[CH]([Zr])c1ccccc1-2. The van der Waals surface area contributed by atoms with Gasteiger partial charge in [-0.3, -0.25) is 0 Å². The standard InChI is InChI=1S/C16H16.C14H11.Zr/c1-3-12-13-8-4-5-9-15(13)16-11(2)7-6-10-14(12)16;1-10-5-4-8-13-12-7-3-2-6-11(12)9-14(10)13;/h4-10,12H,3H2,1-2H3;2-9H,1H3;. The van der Waals surface area contributed by atoms with E-state index in [2.05, 4.69) is 106 Å². The van der Waals surface area contributed by atoms with Crippen molar-refractivity contribution in [2.75, 3.05) is 0 Å². The Labute approximate surface area is 201 Å². The molecule has 0 spiro atoms. The van der Waals surface area contributed by atoms with Crippen molar-refractivity contribution >= 4 is 0 Å². The summed E-state index contributed by atoms with van der Waals surface area (Å²) in [6, 6.07) is 31.0. The van der Waals surface area contributed by atoms with Crippen LogP contribution in [0.25, 0.3) is 22.3 Å². The summed E-state index contributed by atoms with van der Waals surface area (Å²) in [5.74, 6) is 0.603. The molecule has 4 aromatic carbocycles. The van der Waals surface area contributed by atoms with Crippen LogP contribution in [0.3, 0.4) is 0 Å². The van der Waals surface area contributed by atoms with Gasteiger partial charge in [0.2, 0.25) is 0 Å². The Morgan fingerprint density at radius 3 is 1.97 bits per heavy atom. The molecule has 0 aromatic heterocycles. The third kappa shape index (κ3) is 3.39. The number of rotatable bonds is 1. The van der Waals surface area contributed by atoms with E-state index in [-0.39, 0.29) is 0 Å². The van der Waals surface area contributed by atoms with Crippen LogP contribution in [0.2, 0.25) is 0 Å². The Morgan fingerprint density at radius 2 is 1.19 bits per heavy atom. The summed E-state index contributed by atoms with van der Waals surface area (Å²) in [5.41, 5.74) is 14.7. The molecule has 0 radical (unpaired) electrons. The quantitative estimate of drug-likeness (QED) is 0.259. The van der Waals surface area contributed by atoms with E-state index in [1.807, 2.05) is 0 Å². The molecule has 0 fully saturated rings. The van der Waals surface area contributed by atoms with E-state index in [1.54, 1.807) is 30.3 Å². The van der Waals surface area contributed by atoms with Gasteiger partial charge in [-0.25, -0.2) is 0 Å². The maximum absolute atomic E-state index is 2.29. The first-order chi connectivity index (χ1) is 15.1. The van der Waals surface area contributed by atoms with Crippen molar-refractivity contribution in [1.82, 2.24) is 0 Å². The molecular weight excluding hydrogens is 452 g/mol. The molecule has 2 atom stereocenters. The molecule has 0 saturated carbocycles. The second-order valence-electron chi connectivity index (χ2n) is 8.64. The van der Waals surface area contributed by atoms with E-state index in [9.17, 15) is 0 Å². The van der Waals surface area contributed by atoms with Crippen LogP contribution in [0.4, 0.5) is 0 Å². The Bertz CT molecular complexity index is 1270. The predicted molar refractivity (Wildman–Crippen MR) is 127 cm³/mol. The molecule has 0 bridgehead atoms. The van der Waals surface area contributed by atoms with E-state index in [0.29, 0.717) is 9.54 Å². The molecule has 0 heterocycles. The minimum absolute atomic E-state index is 0.603. The number of fused-ring (bicyclic) bond motifs is 6. The van der Waals surface area contributed by atoms with Crippen LogP contribution in [-0.4, -0.2) is 0 Å². The first-order valence-electron chi connectivity index (χ1n) is 11.2. The molecule has 4 aromatic rings. The van der Waals surface area contributed by atoms with Gasteiger partial charge in [-0.2, -0.15) is 0 Å². The molecule has 151 valence electrons. The van der Waals surface area contributed by atoms with Crippen LogP contribution >= 0.6 is 0 Å². The first-order valence-corrected chi connectivity index (χ1v) is 12.6. The van der Waals surface area contributed by atoms with Crippen molar-refractivity contribution in [1.29, 1.82) is 0 Å². The van der Waals surface area contributed by atoms with Crippen LogP contribution in [-0.2, 0) is 24.7 Å². The molecule has 0 amide bonds. The van der Waals surface area contributed by atoms with Crippen molar-refractivity contribution in [3.8, 4) is 22.3 Å². The van der Waals surface area contributed by atoms with Gasteiger partial charge in [0.15, 0.2) is 0 Å². The molecule has 0 nitrogen and oxygen atoms in total. The zero-order valence-corrected chi connectivity index (χ0v) is 20.9. The van der Waals surface area contributed by atoms with Crippen LogP contribution in [0.5, 0.6) is 0 Å². The predicted octanol–water partition coefficient (Wildman–Crippen LogP) is 8.13. The van der Waals surface area contributed by atoms with Crippen LogP contribution in [0.15, 0.2) is 84.9 Å². The molecule has 6 rings (SSSR count). The van der Waals surface area contributed by atoms with E-state index in [1.165, 1.54) is 56.5 Å². The fraction of sp³-hybridized carbons (Fsp3) is 0.200. The maximum atomic E-state index is 2.29. The van der Waals surface area contributed by atoms with Crippen molar-refractivity contribution in [2.24, 2.45) is 0 Å². The van der Waals surface area contributed by atoms with Crippen molar-refractivity contribution in [3.05, 3.63) is 118 Å². The zero-order valence-electron chi connectivity index (χ0n) is 18.4. The van der Waals surface area contributed by atoms with Crippen molar-refractivity contribution in [3.63, 3.8) is 0 Å². The van der Waals surface area contributed by atoms with E-state index >= 15 is 0 Å². The van der Waals surface area contributed by atoms with Gasteiger partial charge < -0.3 is 0 Å². The average molecular weight is 479 g/mol. The molecule has 0 N–H and O–H groups in total.